The molecule has 1 heterocycles. The standard InChI is InChI=1S/C33H34N2O5/c1-21-29(35-33(40-21)26-12-10-23(11-13-26)22-6-3-2-4-7-22)18-19-39-27-16-14-24(15-17-30(36)37)28(20-27)31(34)32(38)25-8-5-9-25/h2-4,6-7,10-14,16,20,25,31H,5,8-9,15,17-19,34H2,1H3,(H,36,37). The highest BCUT2D eigenvalue weighted by molar-refractivity contribution is 5.88. The van der Waals surface area contributed by atoms with E-state index in [0.717, 1.165) is 53.0 Å². The SMILES string of the molecule is Cc1oc(-c2ccc(-c3ccccc3)cc2)nc1CCOc1ccc(CCC(=O)O)c(C(N)C(=O)C2CCC2)c1. The molecule has 7 heteroatoms. The van der Waals surface area contributed by atoms with Gasteiger partial charge < -0.3 is 20.0 Å². The summed E-state index contributed by atoms with van der Waals surface area (Å²) in [5.41, 5.74) is 11.8. The Kier molecular flexibility index (Phi) is 8.41. The van der Waals surface area contributed by atoms with E-state index in [9.17, 15) is 9.59 Å². The van der Waals surface area contributed by atoms with Gasteiger partial charge in [0.2, 0.25) is 5.89 Å². The van der Waals surface area contributed by atoms with E-state index in [4.69, 9.17) is 25.0 Å². The third-order valence-electron chi connectivity index (χ3n) is 7.61. The van der Waals surface area contributed by atoms with Gasteiger partial charge in [0.25, 0.3) is 0 Å². The minimum Gasteiger partial charge on any atom is -0.493 e. The minimum absolute atomic E-state index is 0.00854. The normalized spacial score (nSPS) is 13.9. The highest BCUT2D eigenvalue weighted by atomic mass is 16.5. The average Bonchev–Trinajstić information content (AvgIpc) is 3.31. The number of benzene rings is 3. The fourth-order valence-electron chi connectivity index (χ4n) is 5.01. The molecule has 0 saturated heterocycles. The van der Waals surface area contributed by atoms with Gasteiger partial charge in [-0.2, -0.15) is 0 Å². The Morgan fingerprint density at radius 2 is 1.70 bits per heavy atom. The number of Topliss-reactive ketones (excluding diaryl/α,β-unsaturated/α-hetero) is 1. The summed E-state index contributed by atoms with van der Waals surface area (Å²) in [5.74, 6) is 1.01. The minimum atomic E-state index is -0.889. The van der Waals surface area contributed by atoms with Crippen molar-refractivity contribution in [3.8, 4) is 28.3 Å². The van der Waals surface area contributed by atoms with Crippen LogP contribution in [-0.4, -0.2) is 28.4 Å². The molecule has 0 bridgehead atoms. The second-order valence-electron chi connectivity index (χ2n) is 10.3. The first-order chi connectivity index (χ1) is 19.4. The van der Waals surface area contributed by atoms with E-state index < -0.39 is 12.0 Å². The number of rotatable bonds is 12. The number of aryl methyl sites for hydroxylation is 2. The lowest BCUT2D eigenvalue weighted by atomic mass is 9.78. The average molecular weight is 539 g/mol. The monoisotopic (exact) mass is 538 g/mol. The highest BCUT2D eigenvalue weighted by Crippen LogP contribution is 2.33. The molecule has 1 saturated carbocycles. The van der Waals surface area contributed by atoms with Crippen LogP contribution in [0.1, 0.15) is 54.3 Å². The van der Waals surface area contributed by atoms with Crippen LogP contribution in [0.25, 0.3) is 22.6 Å². The molecule has 206 valence electrons. The molecule has 1 aromatic heterocycles. The van der Waals surface area contributed by atoms with E-state index in [0.29, 0.717) is 36.7 Å². The van der Waals surface area contributed by atoms with Gasteiger partial charge in [-0.25, -0.2) is 4.98 Å². The van der Waals surface area contributed by atoms with Crippen molar-refractivity contribution in [1.29, 1.82) is 0 Å². The van der Waals surface area contributed by atoms with E-state index in [1.807, 2.05) is 43.3 Å². The Labute approximate surface area is 234 Å². The molecule has 1 aliphatic rings. The fourth-order valence-corrected chi connectivity index (χ4v) is 5.01. The molecule has 1 unspecified atom stereocenters. The zero-order chi connectivity index (χ0) is 28.1. The van der Waals surface area contributed by atoms with E-state index in [1.165, 1.54) is 0 Å². The molecule has 3 aromatic carbocycles. The maximum absolute atomic E-state index is 12.9. The van der Waals surface area contributed by atoms with Crippen molar-refractivity contribution in [3.05, 3.63) is 95.4 Å². The Morgan fingerprint density at radius 3 is 2.38 bits per heavy atom. The maximum Gasteiger partial charge on any atom is 0.303 e. The van der Waals surface area contributed by atoms with Crippen LogP contribution in [0.2, 0.25) is 0 Å². The molecular weight excluding hydrogens is 504 g/mol. The number of ketones is 1. The molecule has 0 aliphatic heterocycles. The summed E-state index contributed by atoms with van der Waals surface area (Å²) in [4.78, 5) is 28.7. The van der Waals surface area contributed by atoms with Gasteiger partial charge in [0.05, 0.1) is 18.3 Å². The molecule has 40 heavy (non-hydrogen) atoms. The first kappa shape index (κ1) is 27.3. The van der Waals surface area contributed by atoms with E-state index in [-0.39, 0.29) is 18.1 Å². The van der Waals surface area contributed by atoms with Crippen molar-refractivity contribution in [2.75, 3.05) is 6.61 Å². The second-order valence-corrected chi connectivity index (χ2v) is 10.3. The van der Waals surface area contributed by atoms with Crippen molar-refractivity contribution in [2.24, 2.45) is 11.7 Å². The summed E-state index contributed by atoms with van der Waals surface area (Å²) >= 11 is 0. The van der Waals surface area contributed by atoms with Crippen LogP contribution < -0.4 is 10.5 Å². The van der Waals surface area contributed by atoms with Crippen LogP contribution in [-0.2, 0) is 22.4 Å². The van der Waals surface area contributed by atoms with Crippen molar-refractivity contribution in [3.63, 3.8) is 0 Å². The molecule has 3 N–H and O–H groups in total. The number of carbonyl (C=O) groups is 2. The second kappa shape index (κ2) is 12.3. The third-order valence-corrected chi connectivity index (χ3v) is 7.61. The van der Waals surface area contributed by atoms with Gasteiger partial charge in [-0.05, 0) is 72.7 Å². The molecule has 4 aromatic rings. The molecule has 1 atom stereocenters. The van der Waals surface area contributed by atoms with Gasteiger partial charge >= 0.3 is 5.97 Å². The molecule has 7 nitrogen and oxygen atoms in total. The predicted molar refractivity (Wildman–Crippen MR) is 153 cm³/mol. The van der Waals surface area contributed by atoms with Crippen molar-refractivity contribution in [2.45, 2.75) is 51.5 Å². The van der Waals surface area contributed by atoms with Crippen LogP contribution in [0.4, 0.5) is 0 Å². The van der Waals surface area contributed by atoms with Gasteiger partial charge in [-0.3, -0.25) is 9.59 Å². The number of carboxylic acids is 1. The number of carboxylic acid groups (broad SMARTS) is 1. The van der Waals surface area contributed by atoms with Crippen LogP contribution in [0.15, 0.2) is 77.2 Å². The van der Waals surface area contributed by atoms with Crippen LogP contribution in [0.5, 0.6) is 5.75 Å². The molecule has 0 spiro atoms. The Hall–Kier alpha value is -4.23. The number of carbonyl (C=O) groups excluding carboxylic acids is 1. The number of hydrogen-bond acceptors (Lipinski definition) is 6. The van der Waals surface area contributed by atoms with Crippen molar-refractivity contribution < 1.29 is 23.8 Å². The number of aliphatic carboxylic acids is 1. The zero-order valence-electron chi connectivity index (χ0n) is 22.6. The number of hydrogen-bond donors (Lipinski definition) is 2. The Bertz CT molecular complexity index is 1470. The quantitative estimate of drug-likeness (QED) is 0.217. The van der Waals surface area contributed by atoms with Gasteiger partial charge in [0.1, 0.15) is 11.5 Å². The number of ether oxygens (including phenoxy) is 1. The number of oxazole rings is 1. The number of aromatic nitrogens is 1. The molecule has 0 radical (unpaired) electrons. The first-order valence-electron chi connectivity index (χ1n) is 13.8. The Morgan fingerprint density at radius 1 is 1.00 bits per heavy atom. The first-order valence-corrected chi connectivity index (χ1v) is 13.8. The van der Waals surface area contributed by atoms with E-state index in [2.05, 4.69) is 24.3 Å². The van der Waals surface area contributed by atoms with E-state index >= 15 is 0 Å². The summed E-state index contributed by atoms with van der Waals surface area (Å²) in [6.07, 6.45) is 3.60. The van der Waals surface area contributed by atoms with Gasteiger partial charge in [-0.15, -0.1) is 0 Å². The molecule has 5 rings (SSSR count). The summed E-state index contributed by atoms with van der Waals surface area (Å²) in [5, 5.41) is 9.15. The smallest absolute Gasteiger partial charge is 0.303 e. The number of nitrogens with two attached hydrogens (primary N) is 1. The summed E-state index contributed by atoms with van der Waals surface area (Å²) < 4.78 is 12.0. The fraction of sp³-hybridized carbons (Fsp3) is 0.303. The molecule has 0 amide bonds. The molecular formula is C33H34N2O5. The highest BCUT2D eigenvalue weighted by Gasteiger charge is 2.31. The largest absolute Gasteiger partial charge is 0.493 e. The van der Waals surface area contributed by atoms with Crippen molar-refractivity contribution in [1.82, 2.24) is 4.98 Å². The van der Waals surface area contributed by atoms with E-state index in [1.54, 1.807) is 12.1 Å². The van der Waals surface area contributed by atoms with Gasteiger partial charge in [0.15, 0.2) is 5.78 Å². The lowest BCUT2D eigenvalue weighted by Gasteiger charge is -2.27. The van der Waals surface area contributed by atoms with Crippen LogP contribution in [0.3, 0.4) is 0 Å². The van der Waals surface area contributed by atoms with Crippen molar-refractivity contribution >= 4 is 11.8 Å². The number of nitrogens with zero attached hydrogens (tertiary/aromatic N) is 1. The lowest BCUT2D eigenvalue weighted by molar-refractivity contribution is -0.137. The molecule has 1 fully saturated rings. The lowest BCUT2D eigenvalue weighted by Crippen LogP contribution is -2.32. The topological polar surface area (TPSA) is 116 Å². The predicted octanol–water partition coefficient (Wildman–Crippen LogP) is 6.32. The summed E-state index contributed by atoms with van der Waals surface area (Å²) in [6.45, 7) is 2.25. The van der Waals surface area contributed by atoms with Gasteiger partial charge in [0, 0.05) is 24.3 Å². The van der Waals surface area contributed by atoms with Gasteiger partial charge in [-0.1, -0.05) is 55.0 Å². The zero-order valence-corrected chi connectivity index (χ0v) is 22.6. The summed E-state index contributed by atoms with van der Waals surface area (Å²) in [6, 6.07) is 23.0. The van der Waals surface area contributed by atoms with Crippen LogP contribution in [0, 0.1) is 12.8 Å². The molecule has 1 aliphatic carbocycles. The summed E-state index contributed by atoms with van der Waals surface area (Å²) in [7, 11) is 0. The third kappa shape index (κ3) is 6.32. The van der Waals surface area contributed by atoms with Crippen LogP contribution >= 0.6 is 0 Å². The maximum atomic E-state index is 12.9. The Balaban J connectivity index is 1.25.